The van der Waals surface area contributed by atoms with Crippen LogP contribution < -0.4 is 5.32 Å². The van der Waals surface area contributed by atoms with Gasteiger partial charge < -0.3 is 14.8 Å². The van der Waals surface area contributed by atoms with Crippen LogP contribution in [-0.2, 0) is 22.3 Å². The van der Waals surface area contributed by atoms with Gasteiger partial charge in [-0.05, 0) is 37.8 Å². The normalized spacial score (nSPS) is 15.1. The molecule has 1 aliphatic rings. The minimum atomic E-state index is -0.0636. The molecule has 2 rings (SSSR count). The van der Waals surface area contributed by atoms with E-state index in [0.29, 0.717) is 19.3 Å². The fourth-order valence-corrected chi connectivity index (χ4v) is 2.70. The lowest BCUT2D eigenvalue weighted by Gasteiger charge is -2.18. The summed E-state index contributed by atoms with van der Waals surface area (Å²) in [7, 11) is 0. The van der Waals surface area contributed by atoms with E-state index in [4.69, 9.17) is 9.47 Å². The molecule has 0 atom stereocenters. The number of rotatable bonds is 8. The van der Waals surface area contributed by atoms with E-state index < -0.39 is 0 Å². The first-order chi connectivity index (χ1) is 9.33. The van der Waals surface area contributed by atoms with Crippen molar-refractivity contribution in [2.45, 2.75) is 45.4 Å². The first-order valence-electron chi connectivity index (χ1n) is 7.36. The fourth-order valence-electron chi connectivity index (χ4n) is 2.70. The second-order valence-corrected chi connectivity index (χ2v) is 4.96. The third kappa shape index (κ3) is 4.30. The molecular weight excluding hydrogens is 238 g/mol. The summed E-state index contributed by atoms with van der Waals surface area (Å²) in [6.45, 7) is 6.38. The average molecular weight is 263 g/mol. The molecule has 0 aromatic heterocycles. The molecule has 0 fully saturated rings. The van der Waals surface area contributed by atoms with E-state index in [1.165, 1.54) is 11.1 Å². The Morgan fingerprint density at radius 2 is 1.68 bits per heavy atom. The van der Waals surface area contributed by atoms with Crippen LogP contribution in [0.3, 0.4) is 0 Å². The molecule has 106 valence electrons. The Bertz CT molecular complexity index is 350. The molecule has 0 saturated carbocycles. The zero-order chi connectivity index (χ0) is 13.5. The summed E-state index contributed by atoms with van der Waals surface area (Å²) in [6.07, 6.45) is 3.13. The van der Waals surface area contributed by atoms with Gasteiger partial charge in [0.1, 0.15) is 0 Å². The van der Waals surface area contributed by atoms with Crippen molar-refractivity contribution in [1.82, 2.24) is 5.32 Å². The van der Waals surface area contributed by atoms with Crippen molar-refractivity contribution in [2.75, 3.05) is 19.8 Å². The highest BCUT2D eigenvalue weighted by molar-refractivity contribution is 5.33. The highest BCUT2D eigenvalue weighted by Crippen LogP contribution is 2.21. The molecule has 0 radical (unpaired) electrons. The first-order valence-corrected chi connectivity index (χ1v) is 7.36. The van der Waals surface area contributed by atoms with Crippen LogP contribution >= 0.6 is 0 Å². The Labute approximate surface area is 116 Å². The maximum atomic E-state index is 5.55. The van der Waals surface area contributed by atoms with Gasteiger partial charge in [-0.2, -0.15) is 0 Å². The van der Waals surface area contributed by atoms with E-state index in [0.717, 1.165) is 25.8 Å². The van der Waals surface area contributed by atoms with Gasteiger partial charge in [0.25, 0.3) is 0 Å². The summed E-state index contributed by atoms with van der Waals surface area (Å²) < 4.78 is 11.1. The predicted molar refractivity (Wildman–Crippen MR) is 77.3 cm³/mol. The summed E-state index contributed by atoms with van der Waals surface area (Å²) in [6, 6.07) is 9.30. The van der Waals surface area contributed by atoms with Crippen LogP contribution in [0, 0.1) is 0 Å². The lowest BCUT2D eigenvalue weighted by Crippen LogP contribution is -2.33. The molecule has 0 spiro atoms. The van der Waals surface area contributed by atoms with Gasteiger partial charge in [-0.1, -0.05) is 24.3 Å². The second-order valence-electron chi connectivity index (χ2n) is 4.96. The van der Waals surface area contributed by atoms with Crippen molar-refractivity contribution in [3.8, 4) is 0 Å². The molecular formula is C16H25NO2. The Morgan fingerprint density at radius 3 is 2.21 bits per heavy atom. The minimum Gasteiger partial charge on any atom is -0.353 e. The zero-order valence-electron chi connectivity index (χ0n) is 12.0. The zero-order valence-corrected chi connectivity index (χ0v) is 12.0. The van der Waals surface area contributed by atoms with Crippen molar-refractivity contribution in [1.29, 1.82) is 0 Å². The molecule has 0 unspecified atom stereocenters. The van der Waals surface area contributed by atoms with Gasteiger partial charge in [0, 0.05) is 32.2 Å². The van der Waals surface area contributed by atoms with Crippen molar-refractivity contribution in [2.24, 2.45) is 0 Å². The van der Waals surface area contributed by atoms with Crippen molar-refractivity contribution < 1.29 is 9.47 Å². The number of benzene rings is 1. The van der Waals surface area contributed by atoms with E-state index in [1.54, 1.807) is 0 Å². The van der Waals surface area contributed by atoms with Crippen LogP contribution in [0.2, 0.25) is 0 Å². The van der Waals surface area contributed by atoms with E-state index in [1.807, 2.05) is 13.8 Å². The van der Waals surface area contributed by atoms with E-state index >= 15 is 0 Å². The second kappa shape index (κ2) is 7.63. The maximum absolute atomic E-state index is 5.55. The summed E-state index contributed by atoms with van der Waals surface area (Å²) in [4.78, 5) is 0. The van der Waals surface area contributed by atoms with Crippen LogP contribution in [-0.4, -0.2) is 32.1 Å². The molecule has 0 saturated heterocycles. The van der Waals surface area contributed by atoms with Crippen LogP contribution in [0.5, 0.6) is 0 Å². The van der Waals surface area contributed by atoms with Gasteiger partial charge in [0.2, 0.25) is 0 Å². The minimum absolute atomic E-state index is 0.0636. The molecule has 0 bridgehead atoms. The highest BCUT2D eigenvalue weighted by atomic mass is 16.7. The number of hydrogen-bond donors (Lipinski definition) is 1. The topological polar surface area (TPSA) is 30.5 Å². The summed E-state index contributed by atoms with van der Waals surface area (Å²) in [5, 5.41) is 3.62. The van der Waals surface area contributed by atoms with Gasteiger partial charge in [0.15, 0.2) is 6.29 Å². The number of ether oxygens (including phenoxy) is 2. The number of fused-ring (bicyclic) bond motifs is 1. The Morgan fingerprint density at radius 1 is 1.11 bits per heavy atom. The van der Waals surface area contributed by atoms with Crippen LogP contribution in [0.4, 0.5) is 0 Å². The summed E-state index contributed by atoms with van der Waals surface area (Å²) in [5.74, 6) is 0. The van der Waals surface area contributed by atoms with Gasteiger partial charge >= 0.3 is 0 Å². The molecule has 1 aliphatic carbocycles. The Kier molecular flexibility index (Phi) is 5.83. The molecule has 19 heavy (non-hydrogen) atoms. The first kappa shape index (κ1) is 14.5. The Balaban J connectivity index is 1.70. The average Bonchev–Trinajstić information content (AvgIpc) is 2.82. The highest BCUT2D eigenvalue weighted by Gasteiger charge is 2.20. The van der Waals surface area contributed by atoms with E-state index in [2.05, 4.69) is 29.6 Å². The predicted octanol–water partition coefficient (Wildman–Crippen LogP) is 2.53. The molecule has 3 nitrogen and oxygen atoms in total. The summed E-state index contributed by atoms with van der Waals surface area (Å²) in [5.41, 5.74) is 2.98. The van der Waals surface area contributed by atoms with Crippen molar-refractivity contribution in [3.63, 3.8) is 0 Å². The number of hydrogen-bond acceptors (Lipinski definition) is 3. The maximum Gasteiger partial charge on any atom is 0.158 e. The third-order valence-corrected chi connectivity index (χ3v) is 3.57. The molecule has 1 N–H and O–H groups in total. The molecule has 0 heterocycles. The summed E-state index contributed by atoms with van der Waals surface area (Å²) >= 11 is 0. The van der Waals surface area contributed by atoms with Crippen molar-refractivity contribution >= 4 is 0 Å². The quantitative estimate of drug-likeness (QED) is 0.731. The smallest absolute Gasteiger partial charge is 0.158 e. The van der Waals surface area contributed by atoms with Crippen LogP contribution in [0.1, 0.15) is 31.4 Å². The largest absolute Gasteiger partial charge is 0.353 e. The van der Waals surface area contributed by atoms with Gasteiger partial charge in [-0.3, -0.25) is 0 Å². The lowest BCUT2D eigenvalue weighted by atomic mass is 10.1. The van der Waals surface area contributed by atoms with E-state index in [9.17, 15) is 0 Å². The van der Waals surface area contributed by atoms with Crippen molar-refractivity contribution in [3.05, 3.63) is 35.4 Å². The van der Waals surface area contributed by atoms with Gasteiger partial charge in [-0.15, -0.1) is 0 Å². The van der Waals surface area contributed by atoms with Crippen LogP contribution in [0.25, 0.3) is 0 Å². The van der Waals surface area contributed by atoms with E-state index in [-0.39, 0.29) is 6.29 Å². The molecule has 1 aromatic carbocycles. The lowest BCUT2D eigenvalue weighted by molar-refractivity contribution is -0.138. The van der Waals surface area contributed by atoms with Gasteiger partial charge in [0.05, 0.1) is 0 Å². The monoisotopic (exact) mass is 263 g/mol. The molecule has 1 aromatic rings. The SMILES string of the molecule is CCOC(CCNC1Cc2ccccc2C1)OCC. The number of nitrogens with one attached hydrogen (secondary N) is 1. The van der Waals surface area contributed by atoms with Crippen LogP contribution in [0.15, 0.2) is 24.3 Å². The standard InChI is InChI=1S/C16H25NO2/c1-3-18-16(19-4-2)9-10-17-15-11-13-7-5-6-8-14(13)12-15/h5-8,15-17H,3-4,9-12H2,1-2H3. The fraction of sp³-hybridized carbons (Fsp3) is 0.625. The Hall–Kier alpha value is -0.900. The molecule has 3 heteroatoms. The molecule has 0 amide bonds. The van der Waals surface area contributed by atoms with Gasteiger partial charge in [-0.25, -0.2) is 0 Å². The third-order valence-electron chi connectivity index (χ3n) is 3.57. The molecule has 0 aliphatic heterocycles.